The van der Waals surface area contributed by atoms with E-state index in [4.69, 9.17) is 4.74 Å². The van der Waals surface area contributed by atoms with Crippen molar-refractivity contribution >= 4 is 17.1 Å². The average molecular weight is 477 g/mol. The summed E-state index contributed by atoms with van der Waals surface area (Å²) >= 11 is 0. The molecule has 1 atom stereocenters. The highest BCUT2D eigenvalue weighted by Crippen LogP contribution is 2.37. The van der Waals surface area contributed by atoms with Crippen molar-refractivity contribution in [3.8, 4) is 17.6 Å². The van der Waals surface area contributed by atoms with Crippen LogP contribution in [0.1, 0.15) is 69.3 Å². The Morgan fingerprint density at radius 1 is 1.09 bits per heavy atom. The van der Waals surface area contributed by atoms with Crippen molar-refractivity contribution in [1.82, 2.24) is 19.1 Å². The minimum atomic E-state index is -0.401. The second-order valence-corrected chi connectivity index (χ2v) is 9.75. The van der Waals surface area contributed by atoms with Crippen molar-refractivity contribution in [1.29, 1.82) is 0 Å². The highest BCUT2D eigenvalue weighted by Gasteiger charge is 2.35. The number of carbonyl (C=O) groups excluding carboxylic acids is 1. The average Bonchev–Trinajstić information content (AvgIpc) is 3.73. The quantitative estimate of drug-likeness (QED) is 0.334. The zero-order valence-electron chi connectivity index (χ0n) is 19.1. The molecule has 0 aliphatic heterocycles. The summed E-state index contributed by atoms with van der Waals surface area (Å²) in [5, 5.41) is 0. The fourth-order valence-corrected chi connectivity index (χ4v) is 4.70. The number of fused-ring (bicyclic) bond motifs is 1. The number of carbonyl (C=O) groups is 1. The van der Waals surface area contributed by atoms with Gasteiger partial charge in [0.15, 0.2) is 17.0 Å². The molecule has 8 nitrogen and oxygen atoms in total. The first kappa shape index (κ1) is 21.8. The van der Waals surface area contributed by atoms with Gasteiger partial charge < -0.3 is 9.72 Å². The fourth-order valence-electron chi connectivity index (χ4n) is 4.70. The molecule has 1 aromatic carbocycles. The van der Waals surface area contributed by atoms with Gasteiger partial charge in [-0.2, -0.15) is 0 Å². The monoisotopic (exact) mass is 476 g/mol. The number of imidazole rings is 1. The van der Waals surface area contributed by atoms with Crippen molar-refractivity contribution in [3.05, 3.63) is 56.7 Å². The number of esters is 1. The number of ether oxygens (including phenoxy) is 1. The fraction of sp³-hybridized carbons (Fsp3) is 0.462. The van der Waals surface area contributed by atoms with Crippen molar-refractivity contribution in [2.75, 3.05) is 0 Å². The number of benzene rings is 1. The van der Waals surface area contributed by atoms with Crippen LogP contribution in [0.3, 0.4) is 0 Å². The van der Waals surface area contributed by atoms with Gasteiger partial charge in [0.25, 0.3) is 5.56 Å². The maximum Gasteiger partial charge on any atom is 0.333 e. The predicted octanol–water partition coefficient (Wildman–Crippen LogP) is 3.46. The molecular weight excluding hydrogens is 451 g/mol. The maximum atomic E-state index is 13.2. The van der Waals surface area contributed by atoms with Crippen LogP contribution in [0.2, 0.25) is 0 Å². The zero-order chi connectivity index (χ0) is 24.1. The Labute approximate surface area is 200 Å². The molecule has 0 saturated heterocycles. The molecule has 0 spiro atoms. The lowest BCUT2D eigenvalue weighted by Gasteiger charge is -2.31. The molecule has 0 radical (unpaired) electrons. The Kier molecular flexibility index (Phi) is 5.32. The Bertz CT molecular complexity index is 1480. The number of hydrogen-bond acceptors (Lipinski definition) is 5. The van der Waals surface area contributed by atoms with Crippen LogP contribution in [0, 0.1) is 29.5 Å². The van der Waals surface area contributed by atoms with E-state index in [9.17, 15) is 18.8 Å². The predicted molar refractivity (Wildman–Crippen MR) is 126 cm³/mol. The Balaban J connectivity index is 1.26. The second-order valence-electron chi connectivity index (χ2n) is 9.75. The molecule has 35 heavy (non-hydrogen) atoms. The van der Waals surface area contributed by atoms with E-state index in [-0.39, 0.29) is 41.6 Å². The molecule has 3 aliphatic rings. The standard InChI is InChI=1S/C26H25FN4O4/c27-16-7-13-19(14-8-16)35-25(33)20(15-3-1-4-15)5-2-6-21-28-22-23(29-21)30(17-9-10-17)26(34)31(24(22)32)18-11-12-18/h7-8,13-15,17-18,20H,1,3-5,9-12H2,(H,28,29)/t20-/m1/s1. The summed E-state index contributed by atoms with van der Waals surface area (Å²) in [6.45, 7) is 0. The Morgan fingerprint density at radius 2 is 1.77 bits per heavy atom. The summed E-state index contributed by atoms with van der Waals surface area (Å²) in [6.07, 6.45) is 6.67. The van der Waals surface area contributed by atoms with Gasteiger partial charge >= 0.3 is 11.7 Å². The van der Waals surface area contributed by atoms with Crippen LogP contribution in [0.15, 0.2) is 33.9 Å². The topological polar surface area (TPSA) is 99.0 Å². The maximum absolute atomic E-state index is 13.2. The van der Waals surface area contributed by atoms with Crippen LogP contribution in [0.25, 0.3) is 11.2 Å². The van der Waals surface area contributed by atoms with Gasteiger partial charge in [-0.05, 0) is 74.6 Å². The van der Waals surface area contributed by atoms with E-state index in [1.807, 2.05) is 0 Å². The summed E-state index contributed by atoms with van der Waals surface area (Å²) in [7, 11) is 0. The van der Waals surface area contributed by atoms with E-state index in [1.165, 1.54) is 28.8 Å². The number of aromatic nitrogens is 4. The summed E-state index contributed by atoms with van der Waals surface area (Å²) in [4.78, 5) is 46.3. The third kappa shape index (κ3) is 4.18. The van der Waals surface area contributed by atoms with E-state index >= 15 is 0 Å². The first-order valence-electron chi connectivity index (χ1n) is 12.2. The highest BCUT2D eigenvalue weighted by atomic mass is 19.1. The van der Waals surface area contributed by atoms with E-state index in [2.05, 4.69) is 21.8 Å². The number of H-pyrrole nitrogens is 1. The third-order valence-electron chi connectivity index (χ3n) is 7.16. The molecule has 1 N–H and O–H groups in total. The molecule has 0 unspecified atom stereocenters. The summed E-state index contributed by atoms with van der Waals surface area (Å²) in [5.74, 6) is 5.61. The summed E-state index contributed by atoms with van der Waals surface area (Å²) in [6, 6.07) is 5.40. The van der Waals surface area contributed by atoms with Crippen LogP contribution in [0.4, 0.5) is 4.39 Å². The van der Waals surface area contributed by atoms with Crippen LogP contribution in [0.5, 0.6) is 5.75 Å². The Hall–Kier alpha value is -3.67. The zero-order valence-corrected chi connectivity index (χ0v) is 19.1. The van der Waals surface area contributed by atoms with Crippen molar-refractivity contribution in [3.63, 3.8) is 0 Å². The number of halogens is 1. The van der Waals surface area contributed by atoms with E-state index in [0.29, 0.717) is 22.7 Å². The van der Waals surface area contributed by atoms with Gasteiger partial charge in [0.1, 0.15) is 11.6 Å². The van der Waals surface area contributed by atoms with E-state index in [0.717, 1.165) is 44.9 Å². The minimum absolute atomic E-state index is 0.0300. The van der Waals surface area contributed by atoms with Crippen LogP contribution in [-0.2, 0) is 4.79 Å². The molecule has 180 valence electrons. The van der Waals surface area contributed by atoms with Crippen LogP contribution >= 0.6 is 0 Å². The normalized spacial score (nSPS) is 18.5. The van der Waals surface area contributed by atoms with E-state index < -0.39 is 11.7 Å². The highest BCUT2D eigenvalue weighted by molar-refractivity contribution is 5.76. The van der Waals surface area contributed by atoms with Crippen LogP contribution < -0.4 is 16.0 Å². The molecule has 3 aromatic rings. The van der Waals surface area contributed by atoms with Gasteiger partial charge in [-0.3, -0.25) is 18.7 Å². The molecular formula is C26H25FN4O4. The summed E-state index contributed by atoms with van der Waals surface area (Å²) < 4.78 is 21.6. The first-order valence-corrected chi connectivity index (χ1v) is 12.2. The largest absolute Gasteiger partial charge is 0.426 e. The van der Waals surface area contributed by atoms with Gasteiger partial charge in [-0.1, -0.05) is 12.3 Å². The molecule has 3 fully saturated rings. The first-order chi connectivity index (χ1) is 17.0. The molecule has 6 rings (SSSR count). The van der Waals surface area contributed by atoms with Crippen molar-refractivity contribution < 1.29 is 13.9 Å². The van der Waals surface area contributed by atoms with E-state index in [1.54, 1.807) is 4.57 Å². The second kappa shape index (κ2) is 8.52. The number of nitrogens with one attached hydrogen (secondary N) is 1. The lowest BCUT2D eigenvalue weighted by atomic mass is 9.74. The summed E-state index contributed by atoms with van der Waals surface area (Å²) in [5.41, 5.74) is 0.0289. The Morgan fingerprint density at radius 3 is 2.40 bits per heavy atom. The lowest BCUT2D eigenvalue weighted by molar-refractivity contribution is -0.141. The van der Waals surface area contributed by atoms with Crippen molar-refractivity contribution in [2.24, 2.45) is 11.8 Å². The number of nitrogens with zero attached hydrogens (tertiary/aromatic N) is 3. The minimum Gasteiger partial charge on any atom is -0.426 e. The van der Waals surface area contributed by atoms with Gasteiger partial charge in [-0.25, -0.2) is 14.2 Å². The molecule has 2 aromatic heterocycles. The molecule has 0 amide bonds. The van der Waals surface area contributed by atoms with Gasteiger partial charge in [0.2, 0.25) is 0 Å². The smallest absolute Gasteiger partial charge is 0.333 e. The third-order valence-corrected chi connectivity index (χ3v) is 7.16. The van der Waals surface area contributed by atoms with Crippen LogP contribution in [-0.4, -0.2) is 25.1 Å². The van der Waals surface area contributed by atoms with Gasteiger partial charge in [0, 0.05) is 18.5 Å². The molecule has 0 bridgehead atoms. The number of rotatable bonds is 6. The molecule has 3 aliphatic carbocycles. The molecule has 3 saturated carbocycles. The molecule has 9 heteroatoms. The van der Waals surface area contributed by atoms with Gasteiger partial charge in [-0.15, -0.1) is 0 Å². The molecule has 2 heterocycles. The SMILES string of the molecule is O=C(Oc1ccc(F)cc1)[C@H](CC#Cc1nc2c([nH]1)c(=O)n(C1CC1)c(=O)n2C1CC1)C1CCC1. The number of aromatic amines is 1. The lowest BCUT2D eigenvalue weighted by Crippen LogP contribution is -2.39. The number of hydrogen-bond donors (Lipinski definition) is 1. The van der Waals surface area contributed by atoms with Gasteiger partial charge in [0.05, 0.1) is 5.92 Å². The van der Waals surface area contributed by atoms with Crippen molar-refractivity contribution in [2.45, 2.75) is 63.5 Å².